The number of rotatable bonds is 4. The summed E-state index contributed by atoms with van der Waals surface area (Å²) < 4.78 is 0.496. The van der Waals surface area contributed by atoms with Crippen molar-refractivity contribution in [2.24, 2.45) is 0 Å². The van der Waals surface area contributed by atoms with Gasteiger partial charge < -0.3 is 10.2 Å². The number of hydrogen-bond acceptors (Lipinski definition) is 4. The summed E-state index contributed by atoms with van der Waals surface area (Å²) in [7, 11) is 0. The summed E-state index contributed by atoms with van der Waals surface area (Å²) in [5.74, 6) is -0.280. The fourth-order valence-corrected chi connectivity index (χ4v) is 3.42. The van der Waals surface area contributed by atoms with E-state index in [0.717, 1.165) is 12.1 Å². The zero-order valence-corrected chi connectivity index (χ0v) is 15.2. The second-order valence-electron chi connectivity index (χ2n) is 5.57. The van der Waals surface area contributed by atoms with E-state index < -0.39 is 4.92 Å². The summed E-state index contributed by atoms with van der Waals surface area (Å²) in [6.45, 7) is 0.677. The van der Waals surface area contributed by atoms with Crippen LogP contribution in [0.3, 0.4) is 0 Å². The van der Waals surface area contributed by atoms with E-state index in [1.54, 1.807) is 23.1 Å². The first-order valence-corrected chi connectivity index (χ1v) is 8.69. The molecule has 25 heavy (non-hydrogen) atoms. The molecule has 0 aromatic heterocycles. The number of nitrogens with zero attached hydrogens (tertiary/aromatic N) is 2. The number of anilines is 2. The molecule has 8 heteroatoms. The van der Waals surface area contributed by atoms with Crippen LogP contribution in [0.25, 0.3) is 0 Å². The Balaban J connectivity index is 1.79. The molecule has 1 heterocycles. The van der Waals surface area contributed by atoms with E-state index in [0.29, 0.717) is 27.8 Å². The Morgan fingerprint density at radius 3 is 2.68 bits per heavy atom. The zero-order chi connectivity index (χ0) is 18.0. The molecule has 1 aliphatic heterocycles. The number of non-ortho nitro benzene ring substituents is 1. The summed E-state index contributed by atoms with van der Waals surface area (Å²) in [5, 5.41) is 13.6. The first kappa shape index (κ1) is 17.3. The van der Waals surface area contributed by atoms with Crippen LogP contribution < -0.4 is 10.2 Å². The minimum Gasteiger partial charge on any atom is -0.322 e. The van der Waals surface area contributed by atoms with E-state index in [-0.39, 0.29) is 17.5 Å². The third-order valence-corrected chi connectivity index (χ3v) is 4.79. The summed E-state index contributed by atoms with van der Waals surface area (Å²) in [6, 6.07) is 11.2. The van der Waals surface area contributed by atoms with Gasteiger partial charge in [-0.15, -0.1) is 0 Å². The number of halogens is 1. The molecule has 1 aliphatic rings. The molecule has 2 amide bonds. The highest BCUT2D eigenvalue weighted by atomic mass is 127. The fraction of sp³-hybridized carbons (Fsp3) is 0.176. The Kier molecular flexibility index (Phi) is 4.98. The molecule has 0 radical (unpaired) electrons. The molecule has 0 unspecified atom stereocenters. The van der Waals surface area contributed by atoms with Crippen LogP contribution in [0.2, 0.25) is 0 Å². The topological polar surface area (TPSA) is 92.6 Å². The second-order valence-corrected chi connectivity index (χ2v) is 6.74. The Labute approximate surface area is 157 Å². The molecule has 1 saturated heterocycles. The maximum absolute atomic E-state index is 12.4. The Hall–Kier alpha value is -2.49. The minimum atomic E-state index is -0.500. The van der Waals surface area contributed by atoms with Gasteiger partial charge in [0.2, 0.25) is 5.91 Å². The van der Waals surface area contributed by atoms with Crippen molar-refractivity contribution in [3.05, 3.63) is 61.7 Å². The van der Waals surface area contributed by atoms with Crippen molar-refractivity contribution in [1.29, 1.82) is 0 Å². The lowest BCUT2D eigenvalue weighted by atomic mass is 10.2. The molecule has 0 atom stereocenters. The smallest absolute Gasteiger partial charge is 0.270 e. The number of nitro benzene ring substituents is 1. The molecule has 0 spiro atoms. The number of carbonyl (C=O) groups excluding carboxylic acids is 2. The van der Waals surface area contributed by atoms with Crippen LogP contribution in [0.1, 0.15) is 23.2 Å². The molecule has 7 nitrogen and oxygen atoms in total. The van der Waals surface area contributed by atoms with Gasteiger partial charge in [0, 0.05) is 40.0 Å². The lowest BCUT2D eigenvalue weighted by Crippen LogP contribution is -2.23. The quantitative estimate of drug-likeness (QED) is 0.437. The van der Waals surface area contributed by atoms with Crippen LogP contribution in [0.4, 0.5) is 17.1 Å². The van der Waals surface area contributed by atoms with Crippen molar-refractivity contribution in [2.75, 3.05) is 16.8 Å². The highest BCUT2D eigenvalue weighted by molar-refractivity contribution is 14.1. The number of hydrogen-bond donors (Lipinski definition) is 1. The van der Waals surface area contributed by atoms with Crippen molar-refractivity contribution < 1.29 is 14.5 Å². The van der Waals surface area contributed by atoms with Crippen molar-refractivity contribution >= 4 is 51.5 Å². The number of nitrogens with one attached hydrogen (secondary N) is 1. The lowest BCUT2D eigenvalue weighted by molar-refractivity contribution is -0.384. The molecule has 2 aromatic carbocycles. The third-order valence-electron chi connectivity index (χ3n) is 3.90. The molecule has 3 rings (SSSR count). The molecule has 0 aliphatic carbocycles. The molecule has 0 bridgehead atoms. The van der Waals surface area contributed by atoms with Crippen LogP contribution in [0, 0.1) is 13.7 Å². The number of nitro groups is 1. The summed E-state index contributed by atoms with van der Waals surface area (Å²) in [5.41, 5.74) is 1.61. The van der Waals surface area contributed by atoms with Gasteiger partial charge in [-0.05, 0) is 53.3 Å². The molecule has 1 fully saturated rings. The Morgan fingerprint density at radius 1 is 1.24 bits per heavy atom. The van der Waals surface area contributed by atoms with Gasteiger partial charge in [-0.25, -0.2) is 0 Å². The van der Waals surface area contributed by atoms with Gasteiger partial charge in [-0.1, -0.05) is 6.07 Å². The highest BCUT2D eigenvalue weighted by Crippen LogP contribution is 2.25. The van der Waals surface area contributed by atoms with E-state index in [4.69, 9.17) is 0 Å². The average Bonchev–Trinajstić information content (AvgIpc) is 3.00. The van der Waals surface area contributed by atoms with Gasteiger partial charge >= 0.3 is 0 Å². The maximum Gasteiger partial charge on any atom is 0.270 e. The van der Waals surface area contributed by atoms with Crippen molar-refractivity contribution in [3.8, 4) is 0 Å². The first-order valence-electron chi connectivity index (χ1n) is 7.61. The maximum atomic E-state index is 12.4. The molecule has 0 saturated carbocycles. The SMILES string of the molecule is O=C(Nc1cccc(N2CCCC2=O)c1)c1ccc([N+](=O)[O-])cc1I. The largest absolute Gasteiger partial charge is 0.322 e. The van der Waals surface area contributed by atoms with Gasteiger partial charge in [-0.2, -0.15) is 0 Å². The molecule has 1 N–H and O–H groups in total. The number of carbonyl (C=O) groups is 2. The van der Waals surface area contributed by atoms with Gasteiger partial charge in [0.1, 0.15) is 0 Å². The summed E-state index contributed by atoms with van der Waals surface area (Å²) in [4.78, 5) is 36.3. The zero-order valence-electron chi connectivity index (χ0n) is 13.1. The third kappa shape index (κ3) is 3.78. The fourth-order valence-electron chi connectivity index (χ4n) is 2.67. The molecule has 2 aromatic rings. The van der Waals surface area contributed by atoms with E-state index in [1.807, 2.05) is 28.7 Å². The standard InChI is InChI=1S/C17H14IN3O4/c18-15-10-13(21(24)25)6-7-14(15)17(23)19-11-3-1-4-12(9-11)20-8-2-5-16(20)22/h1,3-4,6-7,9-10H,2,5,8H2,(H,19,23). The van der Waals surface area contributed by atoms with E-state index in [9.17, 15) is 19.7 Å². The minimum absolute atomic E-state index is 0.0597. The second kappa shape index (κ2) is 7.18. The van der Waals surface area contributed by atoms with Gasteiger partial charge in [0.15, 0.2) is 0 Å². The Bertz CT molecular complexity index is 869. The average molecular weight is 451 g/mol. The number of benzene rings is 2. The molecule has 128 valence electrons. The van der Waals surface area contributed by atoms with E-state index in [2.05, 4.69) is 5.32 Å². The normalized spacial score (nSPS) is 13.8. The van der Waals surface area contributed by atoms with Crippen LogP contribution in [0.5, 0.6) is 0 Å². The molecular formula is C17H14IN3O4. The Morgan fingerprint density at radius 2 is 2.04 bits per heavy atom. The predicted octanol–water partition coefficient (Wildman–Crippen LogP) is 3.58. The van der Waals surface area contributed by atoms with E-state index in [1.165, 1.54) is 18.2 Å². The number of amides is 2. The van der Waals surface area contributed by atoms with E-state index >= 15 is 0 Å². The predicted molar refractivity (Wildman–Crippen MR) is 102 cm³/mol. The lowest BCUT2D eigenvalue weighted by Gasteiger charge is -2.17. The van der Waals surface area contributed by atoms with Crippen molar-refractivity contribution in [3.63, 3.8) is 0 Å². The summed E-state index contributed by atoms with van der Waals surface area (Å²) in [6.07, 6.45) is 1.37. The van der Waals surface area contributed by atoms with Crippen LogP contribution in [-0.4, -0.2) is 23.3 Å². The summed E-state index contributed by atoms with van der Waals surface area (Å²) >= 11 is 1.90. The van der Waals surface area contributed by atoms with Gasteiger partial charge in [0.25, 0.3) is 11.6 Å². The van der Waals surface area contributed by atoms with Crippen molar-refractivity contribution in [1.82, 2.24) is 0 Å². The van der Waals surface area contributed by atoms with Gasteiger partial charge in [0.05, 0.1) is 10.5 Å². The first-order chi connectivity index (χ1) is 12.0. The van der Waals surface area contributed by atoms with Gasteiger partial charge in [-0.3, -0.25) is 19.7 Å². The van der Waals surface area contributed by atoms with Crippen LogP contribution in [0.15, 0.2) is 42.5 Å². The monoisotopic (exact) mass is 451 g/mol. The van der Waals surface area contributed by atoms with Crippen LogP contribution >= 0.6 is 22.6 Å². The van der Waals surface area contributed by atoms with Crippen molar-refractivity contribution in [2.45, 2.75) is 12.8 Å². The van der Waals surface area contributed by atoms with Crippen LogP contribution in [-0.2, 0) is 4.79 Å². The highest BCUT2D eigenvalue weighted by Gasteiger charge is 2.22. The molecular weight excluding hydrogens is 437 g/mol.